The van der Waals surface area contributed by atoms with E-state index in [9.17, 15) is 0 Å². The molecule has 1 aliphatic heterocycles. The molecule has 0 spiro atoms. The second kappa shape index (κ2) is 6.59. The molecule has 0 fully saturated rings. The van der Waals surface area contributed by atoms with Crippen LogP contribution in [0.5, 0.6) is 5.75 Å². The highest BCUT2D eigenvalue weighted by Gasteiger charge is 2.19. The van der Waals surface area contributed by atoms with E-state index in [0.29, 0.717) is 0 Å². The normalized spacial score (nSPS) is 15.7. The summed E-state index contributed by atoms with van der Waals surface area (Å²) in [7, 11) is 3.12. The van der Waals surface area contributed by atoms with Gasteiger partial charge in [0, 0.05) is 10.9 Å². The maximum atomic E-state index is 6.32. The van der Waals surface area contributed by atoms with E-state index in [1.54, 1.807) is 14.2 Å². The predicted molar refractivity (Wildman–Crippen MR) is 99.3 cm³/mol. The van der Waals surface area contributed by atoms with Crippen molar-refractivity contribution in [3.05, 3.63) is 77.9 Å². The maximum absolute atomic E-state index is 6.32. The van der Waals surface area contributed by atoms with Crippen LogP contribution in [0, 0.1) is 0 Å². The molecule has 0 amide bonds. The van der Waals surface area contributed by atoms with Crippen molar-refractivity contribution in [1.82, 2.24) is 0 Å². The van der Waals surface area contributed by atoms with Gasteiger partial charge in [0.2, 0.25) is 0 Å². The highest BCUT2D eigenvalue weighted by Crippen LogP contribution is 2.38. The van der Waals surface area contributed by atoms with E-state index < -0.39 is 0 Å². The second-order valence-electron chi connectivity index (χ2n) is 5.82. The van der Waals surface area contributed by atoms with Gasteiger partial charge in [-0.25, -0.2) is 0 Å². The van der Waals surface area contributed by atoms with Gasteiger partial charge >= 0.3 is 0 Å². The van der Waals surface area contributed by atoms with Crippen molar-refractivity contribution >= 4 is 22.5 Å². The first kappa shape index (κ1) is 15.7. The molecule has 0 aliphatic carbocycles. The molecule has 1 unspecified atom stereocenters. The third-order valence-electron chi connectivity index (χ3n) is 4.37. The van der Waals surface area contributed by atoms with Crippen LogP contribution in [-0.2, 0) is 9.68 Å². The summed E-state index contributed by atoms with van der Waals surface area (Å²) in [4.78, 5) is 10.3. The average molecular weight is 333 g/mol. The molecule has 25 heavy (non-hydrogen) atoms. The van der Waals surface area contributed by atoms with Crippen LogP contribution in [0.2, 0.25) is 0 Å². The van der Waals surface area contributed by atoms with E-state index in [1.807, 2.05) is 36.4 Å². The largest absolute Gasteiger partial charge is 0.480 e. The first-order valence-corrected chi connectivity index (χ1v) is 8.15. The van der Waals surface area contributed by atoms with Crippen LogP contribution < -0.4 is 9.96 Å². The highest BCUT2D eigenvalue weighted by molar-refractivity contribution is 5.92. The molecule has 126 valence electrons. The lowest BCUT2D eigenvalue weighted by Gasteiger charge is -2.24. The van der Waals surface area contributed by atoms with Crippen molar-refractivity contribution in [2.24, 2.45) is 0 Å². The fourth-order valence-corrected chi connectivity index (χ4v) is 3.13. The van der Waals surface area contributed by atoms with Crippen molar-refractivity contribution in [3.63, 3.8) is 0 Å². The predicted octanol–water partition coefficient (Wildman–Crippen LogP) is 4.92. The Kier molecular flexibility index (Phi) is 4.14. The van der Waals surface area contributed by atoms with Crippen LogP contribution in [0.15, 0.2) is 66.7 Å². The maximum Gasteiger partial charge on any atom is 0.142 e. The van der Waals surface area contributed by atoms with Crippen molar-refractivity contribution in [3.8, 4) is 5.75 Å². The number of rotatable bonds is 4. The third kappa shape index (κ3) is 2.86. The summed E-state index contributed by atoms with van der Waals surface area (Å²) in [5.41, 5.74) is 3.00. The summed E-state index contributed by atoms with van der Waals surface area (Å²) in [6, 6.07) is 20.4. The number of benzene rings is 3. The zero-order chi connectivity index (χ0) is 17.2. The third-order valence-corrected chi connectivity index (χ3v) is 4.37. The zero-order valence-corrected chi connectivity index (χ0v) is 14.2. The molecule has 0 radical (unpaired) electrons. The van der Waals surface area contributed by atoms with Gasteiger partial charge in [-0.15, -0.1) is 5.23 Å². The lowest BCUT2D eigenvalue weighted by Crippen LogP contribution is -2.19. The number of hydrogen-bond donors (Lipinski definition) is 0. The van der Waals surface area contributed by atoms with E-state index in [0.717, 1.165) is 28.0 Å². The molecule has 4 nitrogen and oxygen atoms in total. The van der Waals surface area contributed by atoms with E-state index >= 15 is 0 Å². The van der Waals surface area contributed by atoms with Gasteiger partial charge in [0.1, 0.15) is 11.9 Å². The number of nitrogens with zero attached hydrogens (tertiary/aromatic N) is 1. The number of ether oxygens (including phenoxy) is 1. The minimum absolute atomic E-state index is 0.120. The number of anilines is 1. The molecule has 4 heteroatoms. The average Bonchev–Trinajstić information content (AvgIpc) is 2.69. The van der Waals surface area contributed by atoms with Crippen LogP contribution in [0.25, 0.3) is 16.8 Å². The van der Waals surface area contributed by atoms with Gasteiger partial charge in [0.15, 0.2) is 0 Å². The van der Waals surface area contributed by atoms with E-state index in [-0.39, 0.29) is 6.10 Å². The van der Waals surface area contributed by atoms with Gasteiger partial charge in [-0.3, -0.25) is 9.68 Å². The topological polar surface area (TPSA) is 30.9 Å². The molecule has 0 saturated carbocycles. The lowest BCUT2D eigenvalue weighted by atomic mass is 10.00. The van der Waals surface area contributed by atoms with Crippen LogP contribution >= 0.6 is 0 Å². The van der Waals surface area contributed by atoms with Gasteiger partial charge in [0.05, 0.1) is 19.9 Å². The van der Waals surface area contributed by atoms with Crippen molar-refractivity contribution in [1.29, 1.82) is 0 Å². The van der Waals surface area contributed by atoms with Gasteiger partial charge in [-0.1, -0.05) is 54.6 Å². The SMILES string of the molecule is CON(OC)c1ccc(C2C=Cc3ccc4ccccc4c3O2)cc1. The molecule has 1 atom stereocenters. The van der Waals surface area contributed by atoms with E-state index in [1.165, 1.54) is 10.6 Å². The summed E-state index contributed by atoms with van der Waals surface area (Å²) in [6.07, 6.45) is 4.09. The van der Waals surface area contributed by atoms with Crippen LogP contribution in [0.4, 0.5) is 5.69 Å². The van der Waals surface area contributed by atoms with Crippen LogP contribution in [0.1, 0.15) is 17.2 Å². The van der Waals surface area contributed by atoms with Gasteiger partial charge < -0.3 is 4.74 Å². The second-order valence-corrected chi connectivity index (χ2v) is 5.82. The van der Waals surface area contributed by atoms with Crippen molar-refractivity contribution < 1.29 is 14.4 Å². The number of fused-ring (bicyclic) bond motifs is 3. The van der Waals surface area contributed by atoms with Gasteiger partial charge in [0.25, 0.3) is 0 Å². The molecule has 1 heterocycles. The molecule has 1 aliphatic rings. The Morgan fingerprint density at radius 2 is 1.64 bits per heavy atom. The Balaban J connectivity index is 1.65. The molecular formula is C21H19NO3. The Morgan fingerprint density at radius 1 is 0.880 bits per heavy atom. The van der Waals surface area contributed by atoms with E-state index in [4.69, 9.17) is 14.4 Å². The molecule has 0 saturated heterocycles. The summed E-state index contributed by atoms with van der Waals surface area (Å²) in [5, 5.41) is 3.67. The quantitative estimate of drug-likeness (QED) is 0.634. The monoisotopic (exact) mass is 333 g/mol. The molecule has 0 aromatic heterocycles. The summed E-state index contributed by atoms with van der Waals surface area (Å²) < 4.78 is 6.32. The molecule has 0 bridgehead atoms. The van der Waals surface area contributed by atoms with E-state index in [2.05, 4.69) is 36.4 Å². The Hall–Kier alpha value is -2.82. The zero-order valence-electron chi connectivity index (χ0n) is 14.2. The first-order chi connectivity index (χ1) is 12.3. The fourth-order valence-electron chi connectivity index (χ4n) is 3.13. The molecule has 3 aromatic rings. The minimum Gasteiger partial charge on any atom is -0.480 e. The van der Waals surface area contributed by atoms with Crippen LogP contribution in [-0.4, -0.2) is 14.2 Å². The van der Waals surface area contributed by atoms with Crippen LogP contribution in [0.3, 0.4) is 0 Å². The molecule has 4 rings (SSSR count). The first-order valence-electron chi connectivity index (χ1n) is 8.15. The standard InChI is InChI=1S/C21H19NO3/c1-23-22(24-2)18-12-9-16(10-13-18)20-14-11-17-8-7-15-5-3-4-6-19(15)21(17)25-20/h3-14,20H,1-2H3. The Labute approximate surface area is 146 Å². The van der Waals surface area contributed by atoms with Crippen molar-refractivity contribution in [2.45, 2.75) is 6.10 Å². The Morgan fingerprint density at radius 3 is 2.40 bits per heavy atom. The summed E-state index contributed by atoms with van der Waals surface area (Å²) >= 11 is 0. The molecule has 3 aromatic carbocycles. The fraction of sp³-hybridized carbons (Fsp3) is 0.143. The molecule has 0 N–H and O–H groups in total. The minimum atomic E-state index is -0.120. The number of hydrogen-bond acceptors (Lipinski definition) is 4. The lowest BCUT2D eigenvalue weighted by molar-refractivity contribution is -0.0433. The Bertz CT molecular complexity index is 914. The summed E-state index contributed by atoms with van der Waals surface area (Å²) in [6.45, 7) is 0. The van der Waals surface area contributed by atoms with Crippen molar-refractivity contribution in [2.75, 3.05) is 19.4 Å². The van der Waals surface area contributed by atoms with Gasteiger partial charge in [-0.05, 0) is 29.2 Å². The van der Waals surface area contributed by atoms with Gasteiger partial charge in [-0.2, -0.15) is 0 Å². The molecular weight excluding hydrogens is 314 g/mol. The smallest absolute Gasteiger partial charge is 0.142 e. The highest BCUT2D eigenvalue weighted by atomic mass is 16.9. The summed E-state index contributed by atoms with van der Waals surface area (Å²) in [5.74, 6) is 0.935.